The predicted octanol–water partition coefficient (Wildman–Crippen LogP) is 3.43. The fourth-order valence-electron chi connectivity index (χ4n) is 2.18. The number of hydrogen-bond donors (Lipinski definition) is 2. The smallest absolute Gasteiger partial charge is 0.323 e. The molecule has 1 aromatic carbocycles. The van der Waals surface area contributed by atoms with Gasteiger partial charge in [0.25, 0.3) is 0 Å². The number of carboxylic acid groups (broad SMARTS) is 1. The zero-order valence-corrected chi connectivity index (χ0v) is 12.0. The molecule has 0 heterocycles. The number of hydrogen-bond acceptors (Lipinski definition) is 2. The molecule has 106 valence electrons. The van der Waals surface area contributed by atoms with Crippen LogP contribution in [0.25, 0.3) is 0 Å². The molecule has 0 saturated carbocycles. The molecule has 1 rings (SSSR count). The largest absolute Gasteiger partial charge is 0.480 e. The van der Waals surface area contributed by atoms with Crippen LogP contribution in [0.5, 0.6) is 0 Å². The Morgan fingerprint density at radius 3 is 2.63 bits per heavy atom. The average Bonchev–Trinajstić information content (AvgIpc) is 2.32. The number of nitrogens with one attached hydrogen (secondary N) is 1. The van der Waals surface area contributed by atoms with E-state index in [1.807, 2.05) is 19.9 Å². The van der Waals surface area contributed by atoms with Gasteiger partial charge in [-0.1, -0.05) is 25.5 Å². The van der Waals surface area contributed by atoms with Gasteiger partial charge in [0.05, 0.1) is 0 Å². The van der Waals surface area contributed by atoms with Crippen LogP contribution in [0.3, 0.4) is 0 Å². The van der Waals surface area contributed by atoms with E-state index in [1.165, 1.54) is 6.07 Å². The van der Waals surface area contributed by atoms with Crippen LogP contribution < -0.4 is 5.32 Å². The lowest BCUT2D eigenvalue weighted by Crippen LogP contribution is -2.50. The molecule has 19 heavy (non-hydrogen) atoms. The number of carboxylic acids is 1. The summed E-state index contributed by atoms with van der Waals surface area (Å²) >= 11 is 0. The zero-order chi connectivity index (χ0) is 14.6. The van der Waals surface area contributed by atoms with Crippen molar-refractivity contribution < 1.29 is 14.3 Å². The summed E-state index contributed by atoms with van der Waals surface area (Å²) in [6.07, 6.45) is 1.30. The molecule has 2 atom stereocenters. The van der Waals surface area contributed by atoms with E-state index in [-0.39, 0.29) is 11.9 Å². The molecule has 0 aromatic heterocycles. The van der Waals surface area contributed by atoms with E-state index in [0.717, 1.165) is 12.0 Å². The summed E-state index contributed by atoms with van der Waals surface area (Å²) in [6, 6.07) is 4.77. The molecule has 2 unspecified atom stereocenters. The molecule has 0 bridgehead atoms. The lowest BCUT2D eigenvalue weighted by Gasteiger charge is -2.30. The van der Waals surface area contributed by atoms with E-state index < -0.39 is 11.5 Å². The zero-order valence-electron chi connectivity index (χ0n) is 12.0. The number of halogens is 1. The molecule has 2 N–H and O–H groups in total. The van der Waals surface area contributed by atoms with Gasteiger partial charge in [-0.3, -0.25) is 10.1 Å². The molecule has 0 aliphatic carbocycles. The lowest BCUT2D eigenvalue weighted by atomic mass is 9.93. The van der Waals surface area contributed by atoms with E-state index in [4.69, 9.17) is 0 Å². The van der Waals surface area contributed by atoms with Gasteiger partial charge >= 0.3 is 5.97 Å². The first kappa shape index (κ1) is 15.6. The summed E-state index contributed by atoms with van der Waals surface area (Å²) in [5.74, 6) is -1.15. The first-order chi connectivity index (χ1) is 8.80. The van der Waals surface area contributed by atoms with Crippen molar-refractivity contribution in [1.29, 1.82) is 0 Å². The maximum atomic E-state index is 13.5. The van der Waals surface area contributed by atoms with E-state index in [9.17, 15) is 14.3 Å². The van der Waals surface area contributed by atoms with E-state index >= 15 is 0 Å². The van der Waals surface area contributed by atoms with Crippen molar-refractivity contribution in [3.63, 3.8) is 0 Å². The van der Waals surface area contributed by atoms with E-state index in [2.05, 4.69) is 5.32 Å². The summed E-state index contributed by atoms with van der Waals surface area (Å²) < 4.78 is 13.5. The van der Waals surface area contributed by atoms with Crippen LogP contribution >= 0.6 is 0 Å². The van der Waals surface area contributed by atoms with Crippen molar-refractivity contribution in [3.8, 4) is 0 Å². The molecule has 0 aliphatic rings. The van der Waals surface area contributed by atoms with Gasteiger partial charge in [-0.25, -0.2) is 4.39 Å². The van der Waals surface area contributed by atoms with Crippen molar-refractivity contribution >= 4 is 5.97 Å². The molecule has 0 spiro atoms. The highest BCUT2D eigenvalue weighted by molar-refractivity contribution is 5.78. The third kappa shape index (κ3) is 3.77. The van der Waals surface area contributed by atoms with Crippen LogP contribution in [0.4, 0.5) is 4.39 Å². The second kappa shape index (κ2) is 6.15. The Balaban J connectivity index is 2.90. The molecule has 0 amide bonds. The van der Waals surface area contributed by atoms with Gasteiger partial charge in [-0.05, 0) is 44.4 Å². The highest BCUT2D eigenvalue weighted by atomic mass is 19.1. The molecule has 0 aliphatic heterocycles. The number of rotatable bonds is 6. The van der Waals surface area contributed by atoms with Crippen molar-refractivity contribution in [2.24, 2.45) is 0 Å². The Morgan fingerprint density at radius 1 is 1.53 bits per heavy atom. The van der Waals surface area contributed by atoms with Gasteiger partial charge in [0.15, 0.2) is 0 Å². The molecule has 1 aromatic rings. The SMILES string of the molecule is CCCC(C)(NC(C)c1ccc(C)c(F)c1)C(=O)O. The van der Waals surface area contributed by atoms with E-state index in [1.54, 1.807) is 19.9 Å². The molecular formula is C15H22FNO2. The molecule has 4 heteroatoms. The fraction of sp³-hybridized carbons (Fsp3) is 0.533. The predicted molar refractivity (Wildman–Crippen MR) is 73.6 cm³/mol. The second-order valence-corrected chi connectivity index (χ2v) is 5.26. The quantitative estimate of drug-likeness (QED) is 0.830. The van der Waals surface area contributed by atoms with Crippen LogP contribution in [0, 0.1) is 12.7 Å². The van der Waals surface area contributed by atoms with Crippen molar-refractivity contribution in [2.45, 2.75) is 52.1 Å². The summed E-state index contributed by atoms with van der Waals surface area (Å²) in [5.41, 5.74) is 0.354. The van der Waals surface area contributed by atoms with Crippen molar-refractivity contribution in [1.82, 2.24) is 5.32 Å². The molecule has 0 fully saturated rings. The molecule has 3 nitrogen and oxygen atoms in total. The topological polar surface area (TPSA) is 49.3 Å². The molecular weight excluding hydrogens is 245 g/mol. The number of carbonyl (C=O) groups is 1. The van der Waals surface area contributed by atoms with Gasteiger partial charge in [-0.2, -0.15) is 0 Å². The highest BCUT2D eigenvalue weighted by Crippen LogP contribution is 2.22. The fourth-order valence-corrected chi connectivity index (χ4v) is 2.18. The lowest BCUT2D eigenvalue weighted by molar-refractivity contribution is -0.144. The van der Waals surface area contributed by atoms with Gasteiger partial charge in [0.1, 0.15) is 11.4 Å². The third-order valence-electron chi connectivity index (χ3n) is 3.45. The Morgan fingerprint density at radius 2 is 2.16 bits per heavy atom. The Bertz CT molecular complexity index is 461. The van der Waals surface area contributed by atoms with Crippen LogP contribution in [-0.2, 0) is 4.79 Å². The van der Waals surface area contributed by atoms with Crippen molar-refractivity contribution in [2.75, 3.05) is 0 Å². The summed E-state index contributed by atoms with van der Waals surface area (Å²) in [6.45, 7) is 7.16. The van der Waals surface area contributed by atoms with Crippen molar-refractivity contribution in [3.05, 3.63) is 35.1 Å². The maximum absolute atomic E-state index is 13.5. The van der Waals surface area contributed by atoms with Crippen LogP contribution in [0.2, 0.25) is 0 Å². The minimum absolute atomic E-state index is 0.220. The first-order valence-electron chi connectivity index (χ1n) is 6.57. The average molecular weight is 267 g/mol. The van der Waals surface area contributed by atoms with E-state index in [0.29, 0.717) is 12.0 Å². The Labute approximate surface area is 113 Å². The number of aliphatic carboxylic acids is 1. The van der Waals surface area contributed by atoms with Gasteiger partial charge in [-0.15, -0.1) is 0 Å². The monoisotopic (exact) mass is 267 g/mol. The minimum atomic E-state index is -0.991. The summed E-state index contributed by atoms with van der Waals surface area (Å²) in [5, 5.41) is 12.4. The molecule has 0 saturated heterocycles. The second-order valence-electron chi connectivity index (χ2n) is 5.26. The minimum Gasteiger partial charge on any atom is -0.480 e. The molecule has 0 radical (unpaired) electrons. The number of benzene rings is 1. The summed E-state index contributed by atoms with van der Waals surface area (Å²) in [4.78, 5) is 11.4. The van der Waals surface area contributed by atoms with Gasteiger partial charge in [0.2, 0.25) is 0 Å². The van der Waals surface area contributed by atoms with Crippen LogP contribution in [0.1, 0.15) is 50.8 Å². The van der Waals surface area contributed by atoms with Crippen LogP contribution in [-0.4, -0.2) is 16.6 Å². The number of aryl methyl sites for hydroxylation is 1. The Hall–Kier alpha value is -1.42. The standard InChI is InChI=1S/C15H22FNO2/c1-5-8-15(4,14(18)19)17-11(3)12-7-6-10(2)13(16)9-12/h6-7,9,11,17H,5,8H2,1-4H3,(H,18,19). The normalized spacial score (nSPS) is 15.8. The third-order valence-corrected chi connectivity index (χ3v) is 3.45. The summed E-state index contributed by atoms with van der Waals surface area (Å²) in [7, 11) is 0. The first-order valence-corrected chi connectivity index (χ1v) is 6.57. The van der Waals surface area contributed by atoms with Crippen LogP contribution in [0.15, 0.2) is 18.2 Å². The van der Waals surface area contributed by atoms with Gasteiger partial charge < -0.3 is 5.11 Å². The Kier molecular flexibility index (Phi) is 5.06. The van der Waals surface area contributed by atoms with Gasteiger partial charge in [0, 0.05) is 6.04 Å². The maximum Gasteiger partial charge on any atom is 0.323 e. The highest BCUT2D eigenvalue weighted by Gasteiger charge is 2.33.